The van der Waals surface area contributed by atoms with E-state index >= 15 is 0 Å². The number of aromatic nitrogens is 1. The molecule has 1 saturated heterocycles. The summed E-state index contributed by atoms with van der Waals surface area (Å²) in [6.45, 7) is 0.537. The van der Waals surface area contributed by atoms with Crippen molar-refractivity contribution in [2.24, 2.45) is 0 Å². The summed E-state index contributed by atoms with van der Waals surface area (Å²) in [5.41, 5.74) is -2.42. The molecule has 0 saturated carbocycles. The fourth-order valence-electron chi connectivity index (χ4n) is 6.22. The quantitative estimate of drug-likeness (QED) is 0.0247. The summed E-state index contributed by atoms with van der Waals surface area (Å²) < 4.78 is 89.8. The molecule has 0 spiro atoms. The average Bonchev–Trinajstić information content (AvgIpc) is 3.39. The second-order valence-corrected chi connectivity index (χ2v) is 12.3. The zero-order valence-electron chi connectivity index (χ0n) is 27.4. The van der Waals surface area contributed by atoms with Crippen molar-refractivity contribution >= 4 is 45.6 Å². The molecule has 0 radical (unpaired) electrons. The lowest BCUT2D eigenvalue weighted by atomic mass is 10.0. The van der Waals surface area contributed by atoms with Crippen LogP contribution in [0.2, 0.25) is 0 Å². The predicted molar refractivity (Wildman–Crippen MR) is 172 cm³/mol. The van der Waals surface area contributed by atoms with Crippen molar-refractivity contribution in [3.8, 4) is 5.75 Å². The highest BCUT2D eigenvalue weighted by molar-refractivity contribution is 6.13. The van der Waals surface area contributed by atoms with Gasteiger partial charge in [-0.15, -0.1) is 5.06 Å². The summed E-state index contributed by atoms with van der Waals surface area (Å²) in [6, 6.07) is 14.9. The van der Waals surface area contributed by atoms with Crippen molar-refractivity contribution in [3.05, 3.63) is 83.4 Å². The molecule has 51 heavy (non-hydrogen) atoms. The second kappa shape index (κ2) is 15.9. The van der Waals surface area contributed by atoms with Gasteiger partial charge in [0, 0.05) is 37.8 Å². The summed E-state index contributed by atoms with van der Waals surface area (Å²) >= 11 is 0. The molecule has 1 fully saturated rings. The van der Waals surface area contributed by atoms with Crippen LogP contribution in [-0.2, 0) is 38.1 Å². The number of alkyl halides is 6. The average molecular weight is 718 g/mol. The van der Waals surface area contributed by atoms with Gasteiger partial charge in [-0.25, -0.2) is 9.59 Å². The van der Waals surface area contributed by atoms with Crippen LogP contribution in [0.5, 0.6) is 5.75 Å². The Morgan fingerprint density at radius 3 is 1.63 bits per heavy atom. The van der Waals surface area contributed by atoms with Gasteiger partial charge in [-0.2, -0.15) is 30.9 Å². The van der Waals surface area contributed by atoms with E-state index in [0.29, 0.717) is 58.0 Å². The lowest BCUT2D eigenvalue weighted by Crippen LogP contribution is -2.36. The zero-order chi connectivity index (χ0) is 36.8. The number of para-hydroxylation sites is 3. The molecule has 1 aliphatic heterocycles. The molecule has 0 bridgehead atoms. The highest BCUT2D eigenvalue weighted by Gasteiger charge is 2.43. The maximum absolute atomic E-state index is 13.8. The predicted octanol–water partition coefficient (Wildman–Crippen LogP) is 8.66. The summed E-state index contributed by atoms with van der Waals surface area (Å²) in [4.78, 5) is 53.6. The molecule has 0 aliphatic carbocycles. The molecule has 2 amide bonds. The lowest BCUT2D eigenvalue weighted by Gasteiger charge is -2.18. The molecule has 0 N–H and O–H groups in total. The smallest absolute Gasteiger partial charge is 0.420 e. The van der Waals surface area contributed by atoms with E-state index < -0.39 is 53.0 Å². The Morgan fingerprint density at radius 1 is 0.647 bits per heavy atom. The number of carbonyl (C=O) groups excluding carboxylic acids is 4. The minimum absolute atomic E-state index is 0.0468. The van der Waals surface area contributed by atoms with Gasteiger partial charge in [0.25, 0.3) is 11.8 Å². The number of fused-ring (bicyclic) bond motifs is 2. The Kier molecular flexibility index (Phi) is 11.6. The first kappa shape index (κ1) is 37.3. The molecule has 4 aromatic rings. The second-order valence-electron chi connectivity index (χ2n) is 12.3. The van der Waals surface area contributed by atoms with E-state index in [4.69, 9.17) is 9.57 Å². The van der Waals surface area contributed by atoms with Crippen molar-refractivity contribution in [3.63, 3.8) is 0 Å². The van der Waals surface area contributed by atoms with Crippen LogP contribution in [0.25, 0.3) is 21.8 Å². The van der Waals surface area contributed by atoms with E-state index in [1.807, 2.05) is 4.57 Å². The summed E-state index contributed by atoms with van der Waals surface area (Å²) in [5.74, 6) is -4.56. The summed E-state index contributed by atoms with van der Waals surface area (Å²) in [5, 5.41) is 1.19. The van der Waals surface area contributed by atoms with E-state index in [9.17, 15) is 45.5 Å². The van der Waals surface area contributed by atoms with Crippen LogP contribution in [0.3, 0.4) is 0 Å². The molecule has 14 heteroatoms. The molecule has 270 valence electrons. The van der Waals surface area contributed by atoms with E-state index in [2.05, 4.69) is 0 Å². The fraction of sp³-hybridized carbons (Fsp3) is 0.378. The van der Waals surface area contributed by atoms with E-state index in [-0.39, 0.29) is 24.8 Å². The number of nitrogens with zero attached hydrogens (tertiary/aromatic N) is 2. The van der Waals surface area contributed by atoms with E-state index in [1.165, 1.54) is 0 Å². The van der Waals surface area contributed by atoms with Gasteiger partial charge in [-0.3, -0.25) is 9.59 Å². The number of halogens is 6. The molecular formula is C37H35F6N2O6+. The molecule has 3 aromatic carbocycles. The van der Waals surface area contributed by atoms with E-state index in [1.54, 1.807) is 48.5 Å². The van der Waals surface area contributed by atoms with Gasteiger partial charge in [0.2, 0.25) is 11.0 Å². The molecule has 5 rings (SSSR count). The van der Waals surface area contributed by atoms with Gasteiger partial charge in [0.05, 0.1) is 27.5 Å². The van der Waals surface area contributed by atoms with Crippen LogP contribution in [0.1, 0.15) is 92.1 Å². The number of hydrogen-bond acceptors (Lipinski definition) is 6. The van der Waals surface area contributed by atoms with Crippen LogP contribution in [0.4, 0.5) is 26.3 Å². The molecule has 8 nitrogen and oxygen atoms in total. The Labute approximate surface area is 288 Å². The Balaban J connectivity index is 1.22. The standard InChI is InChI=1S/C37H35F6N2O6/c38-36(39,40)26-16-13-17-27(37(41,42)43)34(26)50-35(49)33-24-14-8-10-18-28(24)44(29-19-11-9-15-25(29)33)23-12-6-4-2-1-3-5-7-20-32(48)51-45-30(46)21-22-31(45)47/h8-11,13-19H,1-7,12,20-23H2/q+1. The van der Waals surface area contributed by atoms with E-state index in [0.717, 1.165) is 44.9 Å². The van der Waals surface area contributed by atoms with Crippen LogP contribution in [-0.4, -0.2) is 28.8 Å². The number of carbonyl (C=O) groups is 4. The van der Waals surface area contributed by atoms with Gasteiger partial charge in [0.1, 0.15) is 6.54 Å². The third-order valence-corrected chi connectivity index (χ3v) is 8.66. The minimum Gasteiger partial charge on any atom is -0.422 e. The highest BCUT2D eigenvalue weighted by Crippen LogP contribution is 2.44. The van der Waals surface area contributed by atoms with Gasteiger partial charge in [0.15, 0.2) is 5.75 Å². The molecule has 2 heterocycles. The molecule has 0 atom stereocenters. The van der Waals surface area contributed by atoms with Crippen LogP contribution in [0, 0.1) is 0 Å². The Bertz CT molecular complexity index is 1840. The van der Waals surface area contributed by atoms with Crippen molar-refractivity contribution < 1.29 is 59.7 Å². The number of unbranched alkanes of at least 4 members (excludes halogenated alkanes) is 7. The fourth-order valence-corrected chi connectivity index (χ4v) is 6.22. The van der Waals surface area contributed by atoms with Gasteiger partial charge in [-0.05, 0) is 37.1 Å². The number of hydrogen-bond donors (Lipinski definition) is 0. The third-order valence-electron chi connectivity index (χ3n) is 8.66. The number of amides is 2. The van der Waals surface area contributed by atoms with Crippen molar-refractivity contribution in [2.45, 2.75) is 89.5 Å². The summed E-state index contributed by atoms with van der Waals surface area (Å²) in [6.07, 6.45) is -3.48. The molecule has 1 aliphatic rings. The minimum atomic E-state index is -5.21. The largest absolute Gasteiger partial charge is 0.422 e. The first-order valence-electron chi connectivity index (χ1n) is 16.7. The van der Waals surface area contributed by atoms with Crippen LogP contribution >= 0.6 is 0 Å². The summed E-state index contributed by atoms with van der Waals surface area (Å²) in [7, 11) is 0. The number of aryl methyl sites for hydroxylation is 1. The maximum Gasteiger partial charge on any atom is 0.420 e. The monoisotopic (exact) mass is 717 g/mol. The number of ether oxygens (including phenoxy) is 1. The van der Waals surface area contributed by atoms with Crippen molar-refractivity contribution in [1.82, 2.24) is 5.06 Å². The first-order valence-corrected chi connectivity index (χ1v) is 16.7. The maximum atomic E-state index is 13.8. The van der Waals surface area contributed by atoms with Crippen molar-refractivity contribution in [2.75, 3.05) is 0 Å². The lowest BCUT2D eigenvalue weighted by molar-refractivity contribution is -0.645. The number of imide groups is 1. The molecular weight excluding hydrogens is 682 g/mol. The van der Waals surface area contributed by atoms with Crippen LogP contribution < -0.4 is 9.30 Å². The number of benzene rings is 3. The number of pyridine rings is 1. The van der Waals surface area contributed by atoms with Gasteiger partial charge >= 0.3 is 24.3 Å². The normalized spacial score (nSPS) is 13.7. The molecule has 0 unspecified atom stereocenters. The highest BCUT2D eigenvalue weighted by atomic mass is 19.4. The Morgan fingerprint density at radius 2 is 1.12 bits per heavy atom. The first-order chi connectivity index (χ1) is 24.3. The topological polar surface area (TPSA) is 93.9 Å². The molecule has 1 aromatic heterocycles. The number of rotatable bonds is 14. The Hall–Kier alpha value is -5.01. The van der Waals surface area contributed by atoms with Gasteiger partial charge in [-0.1, -0.05) is 62.4 Å². The number of hydroxylamine groups is 2. The SMILES string of the molecule is O=C(CCCCCCCCCC[n+]1c2ccccc2c(C(=O)Oc2c(C(F)(F)F)cccc2C(F)(F)F)c2ccccc21)ON1C(=O)CCC1=O. The number of esters is 1. The van der Waals surface area contributed by atoms with Gasteiger partial charge < -0.3 is 9.57 Å². The zero-order valence-corrected chi connectivity index (χ0v) is 27.4. The third kappa shape index (κ3) is 8.84. The van der Waals surface area contributed by atoms with Crippen LogP contribution in [0.15, 0.2) is 66.7 Å². The van der Waals surface area contributed by atoms with Crippen molar-refractivity contribution in [1.29, 1.82) is 0 Å².